The molecule has 13 heavy (non-hydrogen) atoms. The molecule has 0 amide bonds. The van der Waals surface area contributed by atoms with Gasteiger partial charge in [-0.1, -0.05) is 26.9 Å². The van der Waals surface area contributed by atoms with E-state index in [1.807, 2.05) is 19.1 Å². The molecule has 2 atom stereocenters. The zero-order chi connectivity index (χ0) is 9.84. The van der Waals surface area contributed by atoms with Crippen LogP contribution in [-0.2, 0) is 4.74 Å². The van der Waals surface area contributed by atoms with Crippen molar-refractivity contribution in [2.75, 3.05) is 0 Å². The van der Waals surface area contributed by atoms with E-state index in [2.05, 4.69) is 9.24 Å². The van der Waals surface area contributed by atoms with Gasteiger partial charge in [-0.2, -0.15) is 0 Å². The maximum Gasteiger partial charge on any atom is 0.338 e. The third-order valence-corrected chi connectivity index (χ3v) is 1.72. The fraction of sp³-hybridized carbons (Fsp3) is 0.300. The predicted molar refractivity (Wildman–Crippen MR) is 55.8 cm³/mol. The second-order valence-corrected chi connectivity index (χ2v) is 3.92. The molecule has 0 bridgehead atoms. The molecule has 70 valence electrons. The monoisotopic (exact) mass is 196 g/mol. The van der Waals surface area contributed by atoms with E-state index in [9.17, 15) is 4.79 Å². The Morgan fingerprint density at radius 2 is 1.92 bits per heavy atom. The largest absolute Gasteiger partial charge is 0.455 e. The Morgan fingerprint density at radius 1 is 1.38 bits per heavy atom. The number of esters is 1. The molecule has 0 aliphatic carbocycles. The Labute approximate surface area is 80.5 Å². The maximum atomic E-state index is 11.3. The van der Waals surface area contributed by atoms with Gasteiger partial charge in [0.15, 0.2) is 0 Å². The lowest BCUT2D eigenvalue weighted by Gasteiger charge is -2.07. The predicted octanol–water partition coefficient (Wildman–Crippen LogP) is 2.37. The van der Waals surface area contributed by atoms with Crippen LogP contribution in [0.15, 0.2) is 24.3 Å². The molecule has 0 saturated carbocycles. The first-order valence-corrected chi connectivity index (χ1v) is 4.79. The average molecular weight is 196 g/mol. The van der Waals surface area contributed by atoms with E-state index in [-0.39, 0.29) is 11.8 Å². The first-order valence-electron chi connectivity index (χ1n) is 4.13. The van der Waals surface area contributed by atoms with Gasteiger partial charge in [0, 0.05) is 0 Å². The maximum absolute atomic E-state index is 11.3. The molecule has 2 unspecified atom stereocenters. The van der Waals surface area contributed by atoms with E-state index in [0.717, 1.165) is 5.56 Å². The van der Waals surface area contributed by atoms with Crippen LogP contribution >= 0.6 is 9.24 Å². The number of hydrogen-bond acceptors (Lipinski definition) is 2. The highest BCUT2D eigenvalue weighted by atomic mass is 31.0. The second-order valence-electron chi connectivity index (χ2n) is 2.98. The highest BCUT2D eigenvalue weighted by molar-refractivity contribution is 7.17. The van der Waals surface area contributed by atoms with Gasteiger partial charge in [0.2, 0.25) is 0 Å². The number of ether oxygens (including phenoxy) is 1. The van der Waals surface area contributed by atoms with Crippen molar-refractivity contribution >= 4 is 15.2 Å². The summed E-state index contributed by atoms with van der Waals surface area (Å²) in [5.41, 5.74) is 1.73. The third-order valence-electron chi connectivity index (χ3n) is 1.58. The van der Waals surface area contributed by atoms with E-state index in [1.54, 1.807) is 19.1 Å². The van der Waals surface area contributed by atoms with Crippen molar-refractivity contribution < 1.29 is 9.53 Å². The lowest BCUT2D eigenvalue weighted by molar-refractivity contribution is 0.0480. The number of carbonyl (C=O) groups is 1. The Balaban J connectivity index is 2.72. The smallest absolute Gasteiger partial charge is 0.338 e. The van der Waals surface area contributed by atoms with Crippen LogP contribution in [0.25, 0.3) is 0 Å². The Hall–Kier alpha value is -0.880. The molecule has 0 aliphatic heterocycles. The summed E-state index contributed by atoms with van der Waals surface area (Å²) in [7, 11) is 2.42. The van der Waals surface area contributed by atoms with Gasteiger partial charge in [0.05, 0.1) is 5.56 Å². The quantitative estimate of drug-likeness (QED) is 0.536. The summed E-state index contributed by atoms with van der Waals surface area (Å²) in [5, 5.41) is 0. The normalized spacial score (nSPS) is 12.2. The fourth-order valence-corrected chi connectivity index (χ4v) is 1.05. The van der Waals surface area contributed by atoms with Crippen molar-refractivity contribution in [3.05, 3.63) is 35.4 Å². The molecule has 0 spiro atoms. The Bertz CT molecular complexity index is 290. The molecule has 2 nitrogen and oxygen atoms in total. The van der Waals surface area contributed by atoms with Crippen LogP contribution in [0.5, 0.6) is 0 Å². The summed E-state index contributed by atoms with van der Waals surface area (Å²) in [6.07, 6.45) is 0. The highest BCUT2D eigenvalue weighted by Crippen LogP contribution is 2.08. The van der Waals surface area contributed by atoms with Gasteiger partial charge in [-0.15, -0.1) is 0 Å². The van der Waals surface area contributed by atoms with Crippen molar-refractivity contribution in [2.45, 2.75) is 19.7 Å². The lowest BCUT2D eigenvalue weighted by Crippen LogP contribution is -2.09. The highest BCUT2D eigenvalue weighted by Gasteiger charge is 2.07. The molecule has 0 fully saturated rings. The molecule has 1 aromatic rings. The average Bonchev–Trinajstić information content (AvgIpc) is 2.04. The first kappa shape index (κ1) is 10.2. The Morgan fingerprint density at radius 3 is 2.38 bits per heavy atom. The van der Waals surface area contributed by atoms with Gasteiger partial charge in [-0.05, 0) is 26.0 Å². The van der Waals surface area contributed by atoms with Gasteiger partial charge in [-0.25, -0.2) is 4.79 Å². The number of rotatable bonds is 2. The van der Waals surface area contributed by atoms with E-state index in [1.165, 1.54) is 0 Å². The number of benzene rings is 1. The molecule has 0 N–H and O–H groups in total. The van der Waals surface area contributed by atoms with Crippen molar-refractivity contribution in [1.29, 1.82) is 0 Å². The van der Waals surface area contributed by atoms with Gasteiger partial charge in [-0.3, -0.25) is 0 Å². The van der Waals surface area contributed by atoms with Crippen LogP contribution in [-0.4, -0.2) is 11.8 Å². The number of aryl methyl sites for hydroxylation is 1. The number of carbonyl (C=O) groups excluding carboxylic acids is 1. The second kappa shape index (κ2) is 4.38. The molecule has 1 aromatic carbocycles. The molecule has 0 aliphatic rings. The van der Waals surface area contributed by atoms with E-state index in [0.29, 0.717) is 5.56 Å². The van der Waals surface area contributed by atoms with Crippen LogP contribution in [0.3, 0.4) is 0 Å². The molecule has 1 rings (SSSR count). The summed E-state index contributed by atoms with van der Waals surface area (Å²) >= 11 is 0. The van der Waals surface area contributed by atoms with Crippen molar-refractivity contribution in [1.82, 2.24) is 0 Å². The lowest BCUT2D eigenvalue weighted by atomic mass is 10.1. The van der Waals surface area contributed by atoms with E-state index < -0.39 is 0 Å². The zero-order valence-electron chi connectivity index (χ0n) is 7.78. The summed E-state index contributed by atoms with van der Waals surface area (Å²) < 4.78 is 5.00. The summed E-state index contributed by atoms with van der Waals surface area (Å²) in [6.45, 7) is 3.78. The molecule has 3 heteroatoms. The summed E-state index contributed by atoms with van der Waals surface area (Å²) in [4.78, 5) is 11.3. The van der Waals surface area contributed by atoms with Gasteiger partial charge < -0.3 is 4.74 Å². The van der Waals surface area contributed by atoms with Crippen molar-refractivity contribution in [2.24, 2.45) is 0 Å². The van der Waals surface area contributed by atoms with Gasteiger partial charge >= 0.3 is 5.97 Å². The molecule has 0 heterocycles. The third kappa shape index (κ3) is 3.16. The van der Waals surface area contributed by atoms with Crippen LogP contribution in [0.1, 0.15) is 22.8 Å². The summed E-state index contributed by atoms with van der Waals surface area (Å²) in [6, 6.07) is 7.32. The van der Waals surface area contributed by atoms with Crippen molar-refractivity contribution in [3.63, 3.8) is 0 Å². The minimum atomic E-state index is -0.275. The minimum absolute atomic E-state index is 0.145. The van der Waals surface area contributed by atoms with Gasteiger partial charge in [0.25, 0.3) is 0 Å². The first-order chi connectivity index (χ1) is 6.09. The standard InChI is InChI=1S/C10H13O2P/c1-7-3-5-9(6-4-7)10(11)12-8(2)13/h3-6,8H,13H2,1-2H3. The molecule has 0 saturated heterocycles. The summed E-state index contributed by atoms with van der Waals surface area (Å²) in [5.74, 6) is -0.420. The SMILES string of the molecule is Cc1ccc(C(=O)OC(C)P)cc1. The van der Waals surface area contributed by atoms with E-state index >= 15 is 0 Å². The van der Waals surface area contributed by atoms with E-state index in [4.69, 9.17) is 4.74 Å². The number of hydrogen-bond donors (Lipinski definition) is 0. The molecule has 0 aromatic heterocycles. The zero-order valence-corrected chi connectivity index (χ0v) is 8.94. The molecule has 0 radical (unpaired) electrons. The van der Waals surface area contributed by atoms with Gasteiger partial charge in [0.1, 0.15) is 5.85 Å². The molecular weight excluding hydrogens is 183 g/mol. The van der Waals surface area contributed by atoms with Crippen LogP contribution in [0, 0.1) is 6.92 Å². The molecular formula is C10H13O2P. The minimum Gasteiger partial charge on any atom is -0.455 e. The van der Waals surface area contributed by atoms with Crippen LogP contribution in [0.2, 0.25) is 0 Å². The fourth-order valence-electron chi connectivity index (χ4n) is 0.927. The Kier molecular flexibility index (Phi) is 3.44. The van der Waals surface area contributed by atoms with Crippen LogP contribution in [0.4, 0.5) is 0 Å². The topological polar surface area (TPSA) is 26.3 Å². The van der Waals surface area contributed by atoms with Crippen LogP contribution < -0.4 is 0 Å². The van der Waals surface area contributed by atoms with Crippen molar-refractivity contribution in [3.8, 4) is 0 Å².